The number of anilines is 1. The fourth-order valence-corrected chi connectivity index (χ4v) is 2.03. The Morgan fingerprint density at radius 1 is 1.36 bits per heavy atom. The maximum absolute atomic E-state index is 4.36. The highest BCUT2D eigenvalue weighted by atomic mass is 15.3. The molecule has 2 rings (SSSR count). The molecule has 0 saturated carbocycles. The van der Waals surface area contributed by atoms with Crippen LogP contribution in [0.25, 0.3) is 0 Å². The van der Waals surface area contributed by atoms with Crippen molar-refractivity contribution in [2.24, 2.45) is 0 Å². The van der Waals surface area contributed by atoms with Gasteiger partial charge >= 0.3 is 0 Å². The molecule has 0 bridgehead atoms. The molecule has 0 radical (unpaired) electrons. The minimum absolute atomic E-state index is 1.11. The average Bonchev–Trinajstić information content (AvgIpc) is 2.68. The smallest absolute Gasteiger partial charge is 0.150 e. The lowest BCUT2D eigenvalue weighted by atomic mass is 10.1. The molecule has 1 fully saturated rings. The van der Waals surface area contributed by atoms with Gasteiger partial charge in [-0.2, -0.15) is 5.10 Å². The van der Waals surface area contributed by atoms with E-state index in [0.29, 0.717) is 0 Å². The van der Waals surface area contributed by atoms with Crippen molar-refractivity contribution in [1.29, 1.82) is 0 Å². The Bertz CT molecular complexity index is 274. The Balaban J connectivity index is 2.00. The molecule has 0 aliphatic carbocycles. The van der Waals surface area contributed by atoms with Crippen LogP contribution in [0.3, 0.4) is 0 Å². The van der Waals surface area contributed by atoms with Crippen LogP contribution in [-0.2, 0) is 6.42 Å². The first kappa shape index (κ1) is 9.56. The molecule has 0 spiro atoms. The third-order valence-corrected chi connectivity index (χ3v) is 2.82. The van der Waals surface area contributed by atoms with E-state index >= 15 is 0 Å². The molecule has 3 heteroatoms. The van der Waals surface area contributed by atoms with Gasteiger partial charge in [0.25, 0.3) is 0 Å². The second-order valence-electron chi connectivity index (χ2n) is 4.05. The van der Waals surface area contributed by atoms with Crippen LogP contribution in [0, 0.1) is 0 Å². The van der Waals surface area contributed by atoms with E-state index in [0.717, 1.165) is 12.2 Å². The molecule has 1 aliphatic rings. The highest BCUT2D eigenvalue weighted by Crippen LogP contribution is 2.18. The SMILES string of the molecule is CCCc1cc(N2CCCCC2)n[nH]1. The van der Waals surface area contributed by atoms with Crippen molar-refractivity contribution in [3.63, 3.8) is 0 Å². The summed E-state index contributed by atoms with van der Waals surface area (Å²) < 4.78 is 0. The van der Waals surface area contributed by atoms with E-state index in [1.807, 2.05) is 0 Å². The monoisotopic (exact) mass is 193 g/mol. The molecule has 1 N–H and O–H groups in total. The first-order valence-corrected chi connectivity index (χ1v) is 5.69. The number of H-pyrrole nitrogens is 1. The van der Waals surface area contributed by atoms with E-state index in [1.165, 1.54) is 44.5 Å². The molecule has 1 aliphatic heterocycles. The van der Waals surface area contributed by atoms with Crippen molar-refractivity contribution in [3.8, 4) is 0 Å². The lowest BCUT2D eigenvalue weighted by molar-refractivity contribution is 0.573. The van der Waals surface area contributed by atoms with E-state index in [4.69, 9.17) is 0 Å². The number of piperidine rings is 1. The molecule has 14 heavy (non-hydrogen) atoms. The summed E-state index contributed by atoms with van der Waals surface area (Å²) in [4.78, 5) is 2.39. The van der Waals surface area contributed by atoms with Gasteiger partial charge in [0.1, 0.15) is 0 Å². The van der Waals surface area contributed by atoms with Crippen LogP contribution in [0.5, 0.6) is 0 Å². The van der Waals surface area contributed by atoms with Gasteiger partial charge in [0.15, 0.2) is 5.82 Å². The third kappa shape index (κ3) is 2.08. The molecule has 0 aromatic carbocycles. The first-order valence-electron chi connectivity index (χ1n) is 5.69. The maximum atomic E-state index is 4.36. The lowest BCUT2D eigenvalue weighted by Crippen LogP contribution is -2.29. The highest BCUT2D eigenvalue weighted by Gasteiger charge is 2.13. The lowest BCUT2D eigenvalue weighted by Gasteiger charge is -2.26. The summed E-state index contributed by atoms with van der Waals surface area (Å²) >= 11 is 0. The molecular formula is C11H19N3. The molecule has 1 saturated heterocycles. The van der Waals surface area contributed by atoms with Crippen molar-refractivity contribution >= 4 is 5.82 Å². The summed E-state index contributed by atoms with van der Waals surface area (Å²) in [5, 5.41) is 7.47. The fraction of sp³-hybridized carbons (Fsp3) is 0.727. The van der Waals surface area contributed by atoms with Gasteiger partial charge in [0, 0.05) is 24.8 Å². The van der Waals surface area contributed by atoms with Crippen LogP contribution in [-0.4, -0.2) is 23.3 Å². The standard InChI is InChI=1S/C11H19N3/c1-2-6-10-9-11(13-12-10)14-7-4-3-5-8-14/h9H,2-8H2,1H3,(H,12,13). The predicted octanol–water partition coefficient (Wildman–Crippen LogP) is 2.35. The van der Waals surface area contributed by atoms with Gasteiger partial charge in [-0.1, -0.05) is 13.3 Å². The first-order chi connectivity index (χ1) is 6.90. The molecule has 1 aromatic heterocycles. The van der Waals surface area contributed by atoms with E-state index in [2.05, 4.69) is 28.1 Å². The number of rotatable bonds is 3. The number of nitrogens with one attached hydrogen (secondary N) is 1. The van der Waals surface area contributed by atoms with Crippen molar-refractivity contribution in [3.05, 3.63) is 11.8 Å². The second-order valence-corrected chi connectivity index (χ2v) is 4.05. The fourth-order valence-electron chi connectivity index (χ4n) is 2.03. The summed E-state index contributed by atoms with van der Waals surface area (Å²) in [7, 11) is 0. The Hall–Kier alpha value is -0.990. The molecule has 0 atom stereocenters. The normalized spacial score (nSPS) is 17.4. The summed E-state index contributed by atoms with van der Waals surface area (Å²) in [6, 6.07) is 2.20. The predicted molar refractivity (Wildman–Crippen MR) is 58.6 cm³/mol. The Morgan fingerprint density at radius 2 is 2.14 bits per heavy atom. The Kier molecular flexibility index (Phi) is 3.07. The topological polar surface area (TPSA) is 31.9 Å². The van der Waals surface area contributed by atoms with Gasteiger partial charge in [-0.15, -0.1) is 0 Å². The van der Waals surface area contributed by atoms with Gasteiger partial charge in [-0.25, -0.2) is 0 Å². The largest absolute Gasteiger partial charge is 0.355 e. The van der Waals surface area contributed by atoms with Crippen LogP contribution < -0.4 is 4.90 Å². The van der Waals surface area contributed by atoms with E-state index in [9.17, 15) is 0 Å². The number of aromatic nitrogens is 2. The molecule has 2 heterocycles. The zero-order chi connectivity index (χ0) is 9.80. The summed E-state index contributed by atoms with van der Waals surface area (Å²) in [6.07, 6.45) is 6.30. The number of hydrogen-bond donors (Lipinski definition) is 1. The molecule has 0 amide bonds. The van der Waals surface area contributed by atoms with Crippen molar-refractivity contribution in [2.45, 2.75) is 39.0 Å². The van der Waals surface area contributed by atoms with Crippen LogP contribution in [0.4, 0.5) is 5.82 Å². The number of aromatic amines is 1. The minimum Gasteiger partial charge on any atom is -0.355 e. The van der Waals surface area contributed by atoms with Gasteiger partial charge in [-0.3, -0.25) is 5.10 Å². The number of aryl methyl sites for hydroxylation is 1. The maximum Gasteiger partial charge on any atom is 0.150 e. The van der Waals surface area contributed by atoms with Gasteiger partial charge in [0.05, 0.1) is 0 Å². The Labute approximate surface area is 85.5 Å². The van der Waals surface area contributed by atoms with Crippen molar-refractivity contribution in [2.75, 3.05) is 18.0 Å². The summed E-state index contributed by atoms with van der Waals surface area (Å²) in [6.45, 7) is 4.55. The molecule has 1 aromatic rings. The quantitative estimate of drug-likeness (QED) is 0.799. The van der Waals surface area contributed by atoms with E-state index in [-0.39, 0.29) is 0 Å². The second kappa shape index (κ2) is 4.49. The van der Waals surface area contributed by atoms with Crippen LogP contribution >= 0.6 is 0 Å². The van der Waals surface area contributed by atoms with Gasteiger partial charge < -0.3 is 4.90 Å². The van der Waals surface area contributed by atoms with Crippen LogP contribution in [0.15, 0.2) is 6.07 Å². The zero-order valence-electron chi connectivity index (χ0n) is 8.92. The van der Waals surface area contributed by atoms with Gasteiger partial charge in [0.2, 0.25) is 0 Å². The van der Waals surface area contributed by atoms with Crippen molar-refractivity contribution < 1.29 is 0 Å². The number of nitrogens with zero attached hydrogens (tertiary/aromatic N) is 2. The Morgan fingerprint density at radius 3 is 2.86 bits per heavy atom. The average molecular weight is 193 g/mol. The van der Waals surface area contributed by atoms with E-state index in [1.54, 1.807) is 0 Å². The third-order valence-electron chi connectivity index (χ3n) is 2.82. The van der Waals surface area contributed by atoms with E-state index < -0.39 is 0 Å². The molecule has 3 nitrogen and oxygen atoms in total. The number of hydrogen-bond acceptors (Lipinski definition) is 2. The van der Waals surface area contributed by atoms with Crippen LogP contribution in [0.1, 0.15) is 38.3 Å². The molecule has 78 valence electrons. The van der Waals surface area contributed by atoms with Crippen molar-refractivity contribution in [1.82, 2.24) is 10.2 Å². The molecule has 0 unspecified atom stereocenters. The zero-order valence-corrected chi connectivity index (χ0v) is 8.92. The minimum atomic E-state index is 1.11. The van der Waals surface area contributed by atoms with Crippen LogP contribution in [0.2, 0.25) is 0 Å². The summed E-state index contributed by atoms with van der Waals surface area (Å²) in [5.74, 6) is 1.15. The summed E-state index contributed by atoms with van der Waals surface area (Å²) in [5.41, 5.74) is 1.27. The molecular weight excluding hydrogens is 174 g/mol. The van der Waals surface area contributed by atoms with Gasteiger partial charge in [-0.05, 0) is 25.7 Å². The highest BCUT2D eigenvalue weighted by molar-refractivity contribution is 5.39.